The van der Waals surface area contributed by atoms with E-state index in [0.717, 1.165) is 0 Å². The van der Waals surface area contributed by atoms with Crippen LogP contribution < -0.4 is 0 Å². The summed E-state index contributed by atoms with van der Waals surface area (Å²) in [6.45, 7) is 12.5. The Labute approximate surface area is 81.3 Å². The van der Waals surface area contributed by atoms with Crippen molar-refractivity contribution in [1.29, 1.82) is 0 Å². The Kier molecular flexibility index (Phi) is 2.92. The van der Waals surface area contributed by atoms with E-state index in [1.54, 1.807) is 0 Å². The van der Waals surface area contributed by atoms with Crippen LogP contribution in [0.4, 0.5) is 0 Å². The summed E-state index contributed by atoms with van der Waals surface area (Å²) in [7, 11) is 0. The fraction of sp³-hybridized carbons (Fsp3) is 0.385. The fourth-order valence-corrected chi connectivity index (χ4v) is 2.03. The number of hydrogen-bond donors (Lipinski definition) is 0. The number of allylic oxidation sites excluding steroid dienone is 1. The van der Waals surface area contributed by atoms with Crippen molar-refractivity contribution < 1.29 is 0 Å². The van der Waals surface area contributed by atoms with Crippen LogP contribution in [0.1, 0.15) is 35.1 Å². The maximum absolute atomic E-state index is 3.84. The Morgan fingerprint density at radius 1 is 1.15 bits per heavy atom. The van der Waals surface area contributed by atoms with E-state index in [1.807, 2.05) is 6.08 Å². The third-order valence-corrected chi connectivity index (χ3v) is 2.55. The normalized spacial score (nSPS) is 12.6. The third kappa shape index (κ3) is 2.00. The van der Waals surface area contributed by atoms with Crippen LogP contribution in [0.5, 0.6) is 0 Å². The van der Waals surface area contributed by atoms with Gasteiger partial charge in [0.25, 0.3) is 0 Å². The van der Waals surface area contributed by atoms with Crippen LogP contribution in [0, 0.1) is 20.8 Å². The highest BCUT2D eigenvalue weighted by Crippen LogP contribution is 2.25. The molecule has 1 aromatic rings. The highest BCUT2D eigenvalue weighted by Gasteiger charge is 2.08. The summed E-state index contributed by atoms with van der Waals surface area (Å²) in [5.41, 5.74) is 5.53. The molecule has 0 aromatic heterocycles. The zero-order valence-corrected chi connectivity index (χ0v) is 9.02. The molecule has 0 radical (unpaired) electrons. The Morgan fingerprint density at radius 2 is 1.62 bits per heavy atom. The lowest BCUT2D eigenvalue weighted by Gasteiger charge is -2.14. The van der Waals surface area contributed by atoms with E-state index < -0.39 is 0 Å². The molecule has 1 rings (SSSR count). The summed E-state index contributed by atoms with van der Waals surface area (Å²) in [4.78, 5) is 0. The summed E-state index contributed by atoms with van der Waals surface area (Å²) in [6, 6.07) is 4.48. The van der Waals surface area contributed by atoms with Gasteiger partial charge in [-0.1, -0.05) is 30.7 Å². The fourth-order valence-electron chi connectivity index (χ4n) is 2.03. The van der Waals surface area contributed by atoms with Crippen molar-refractivity contribution in [1.82, 2.24) is 0 Å². The SMILES string of the molecule is C=CC(C)c1c(C)cc(C)cc1C. The first-order chi connectivity index (χ1) is 6.06. The molecule has 13 heavy (non-hydrogen) atoms. The molecule has 0 fully saturated rings. The van der Waals surface area contributed by atoms with Gasteiger partial charge in [-0.15, -0.1) is 6.58 Å². The maximum atomic E-state index is 3.84. The lowest BCUT2D eigenvalue weighted by atomic mass is 9.91. The molecule has 1 atom stereocenters. The molecule has 1 aromatic carbocycles. The van der Waals surface area contributed by atoms with Gasteiger partial charge in [0.05, 0.1) is 0 Å². The van der Waals surface area contributed by atoms with E-state index in [0.29, 0.717) is 5.92 Å². The van der Waals surface area contributed by atoms with Crippen LogP contribution in [0.2, 0.25) is 0 Å². The van der Waals surface area contributed by atoms with Crippen molar-refractivity contribution in [3.8, 4) is 0 Å². The molecule has 0 spiro atoms. The monoisotopic (exact) mass is 174 g/mol. The van der Waals surface area contributed by atoms with Crippen molar-refractivity contribution in [3.63, 3.8) is 0 Å². The zero-order valence-electron chi connectivity index (χ0n) is 9.02. The molecule has 0 saturated heterocycles. The van der Waals surface area contributed by atoms with E-state index in [9.17, 15) is 0 Å². The molecule has 0 saturated carbocycles. The summed E-state index contributed by atoms with van der Waals surface area (Å²) in [5.74, 6) is 0.459. The van der Waals surface area contributed by atoms with E-state index in [-0.39, 0.29) is 0 Å². The van der Waals surface area contributed by atoms with Crippen LogP contribution in [0.15, 0.2) is 24.8 Å². The highest BCUT2D eigenvalue weighted by atomic mass is 14.1. The Balaban J connectivity index is 3.28. The maximum Gasteiger partial charge on any atom is -0.000787 e. The van der Waals surface area contributed by atoms with E-state index in [1.165, 1.54) is 22.3 Å². The van der Waals surface area contributed by atoms with Gasteiger partial charge in [-0.25, -0.2) is 0 Å². The van der Waals surface area contributed by atoms with Crippen molar-refractivity contribution in [2.75, 3.05) is 0 Å². The van der Waals surface area contributed by atoms with Gasteiger partial charge in [-0.2, -0.15) is 0 Å². The summed E-state index contributed by atoms with van der Waals surface area (Å²) < 4.78 is 0. The second kappa shape index (κ2) is 3.78. The van der Waals surface area contributed by atoms with Crippen LogP contribution in [-0.2, 0) is 0 Å². The Bertz CT molecular complexity index is 298. The van der Waals surface area contributed by atoms with Crippen molar-refractivity contribution in [2.45, 2.75) is 33.6 Å². The molecule has 0 bridgehead atoms. The Hall–Kier alpha value is -1.04. The second-order valence-corrected chi connectivity index (χ2v) is 3.84. The minimum absolute atomic E-state index is 0.459. The third-order valence-electron chi connectivity index (χ3n) is 2.55. The largest absolute Gasteiger partial charge is 0.102 e. The molecular formula is C13H18. The molecule has 0 aliphatic heterocycles. The molecule has 1 unspecified atom stereocenters. The quantitative estimate of drug-likeness (QED) is 0.596. The standard InChI is InChI=1S/C13H18/c1-6-10(3)13-11(4)7-9(2)8-12(13)5/h6-8,10H,1H2,2-5H3. The topological polar surface area (TPSA) is 0 Å². The minimum Gasteiger partial charge on any atom is -0.102 e. The van der Waals surface area contributed by atoms with Crippen LogP contribution >= 0.6 is 0 Å². The highest BCUT2D eigenvalue weighted by molar-refractivity contribution is 5.41. The first-order valence-corrected chi connectivity index (χ1v) is 4.76. The molecule has 70 valence electrons. The average Bonchev–Trinajstić information content (AvgIpc) is 2.02. The van der Waals surface area contributed by atoms with Gasteiger partial charge in [-0.3, -0.25) is 0 Å². The number of rotatable bonds is 2. The molecule has 0 aliphatic carbocycles. The molecular weight excluding hydrogens is 156 g/mol. The van der Waals surface area contributed by atoms with Gasteiger partial charge in [0.1, 0.15) is 0 Å². The molecule has 0 aliphatic rings. The predicted molar refractivity (Wildman–Crippen MR) is 59.3 cm³/mol. The molecule has 0 heteroatoms. The second-order valence-electron chi connectivity index (χ2n) is 3.84. The van der Waals surface area contributed by atoms with E-state index >= 15 is 0 Å². The average molecular weight is 174 g/mol. The zero-order chi connectivity index (χ0) is 10.0. The van der Waals surface area contributed by atoms with Gasteiger partial charge in [0.15, 0.2) is 0 Å². The summed E-state index contributed by atoms with van der Waals surface area (Å²) in [6.07, 6.45) is 2.00. The minimum atomic E-state index is 0.459. The lowest BCUT2D eigenvalue weighted by molar-refractivity contribution is 0.937. The molecule has 0 heterocycles. The van der Waals surface area contributed by atoms with E-state index in [4.69, 9.17) is 0 Å². The molecule has 0 nitrogen and oxygen atoms in total. The lowest BCUT2D eigenvalue weighted by Crippen LogP contribution is -1.97. The van der Waals surface area contributed by atoms with Crippen LogP contribution in [0.25, 0.3) is 0 Å². The summed E-state index contributed by atoms with van der Waals surface area (Å²) >= 11 is 0. The van der Waals surface area contributed by atoms with Crippen molar-refractivity contribution in [3.05, 3.63) is 47.0 Å². The smallest absolute Gasteiger partial charge is 0.000787 e. The molecule has 0 N–H and O–H groups in total. The van der Waals surface area contributed by atoms with Crippen molar-refractivity contribution >= 4 is 0 Å². The number of aryl methyl sites for hydroxylation is 3. The predicted octanol–water partition coefficient (Wildman–Crippen LogP) is 3.90. The van der Waals surface area contributed by atoms with Gasteiger partial charge in [0, 0.05) is 0 Å². The van der Waals surface area contributed by atoms with Gasteiger partial charge < -0.3 is 0 Å². The van der Waals surface area contributed by atoms with Gasteiger partial charge in [-0.05, 0) is 43.4 Å². The van der Waals surface area contributed by atoms with E-state index in [2.05, 4.69) is 46.4 Å². The first kappa shape index (κ1) is 10.0. The van der Waals surface area contributed by atoms with Crippen LogP contribution in [0.3, 0.4) is 0 Å². The number of benzene rings is 1. The van der Waals surface area contributed by atoms with Crippen LogP contribution in [-0.4, -0.2) is 0 Å². The first-order valence-electron chi connectivity index (χ1n) is 4.76. The number of hydrogen-bond acceptors (Lipinski definition) is 0. The molecule has 0 amide bonds. The van der Waals surface area contributed by atoms with Gasteiger partial charge in [0.2, 0.25) is 0 Å². The Morgan fingerprint density at radius 3 is 2.00 bits per heavy atom. The van der Waals surface area contributed by atoms with Crippen molar-refractivity contribution in [2.24, 2.45) is 0 Å². The summed E-state index contributed by atoms with van der Waals surface area (Å²) in [5, 5.41) is 0. The van der Waals surface area contributed by atoms with Gasteiger partial charge >= 0.3 is 0 Å².